The van der Waals surface area contributed by atoms with Crippen LogP contribution in [0.4, 0.5) is 0 Å². The summed E-state index contributed by atoms with van der Waals surface area (Å²) in [6.07, 6.45) is 0.384. The molecule has 0 spiro atoms. The van der Waals surface area contributed by atoms with Crippen LogP contribution in [0.5, 0.6) is 0 Å². The average molecular weight is 240 g/mol. The second kappa shape index (κ2) is 5.76. The highest BCUT2D eigenvalue weighted by Gasteiger charge is 2.29. The number of rotatable bonds is 7. The first kappa shape index (κ1) is 14.8. The first-order valence-electron chi connectivity index (χ1n) is 4.65. The molecule has 6 nitrogen and oxygen atoms in total. The van der Waals surface area contributed by atoms with Gasteiger partial charge in [-0.05, 0) is 12.3 Å². The molecular formula is C8H18NO5S-. The predicted molar refractivity (Wildman–Crippen MR) is 54.1 cm³/mol. The van der Waals surface area contributed by atoms with Crippen LogP contribution < -0.4 is 5.32 Å². The minimum Gasteiger partial charge on any atom is -0.747 e. The van der Waals surface area contributed by atoms with E-state index >= 15 is 0 Å². The highest BCUT2D eigenvalue weighted by atomic mass is 32.2. The van der Waals surface area contributed by atoms with Gasteiger partial charge in [0.2, 0.25) is 0 Å². The lowest BCUT2D eigenvalue weighted by Gasteiger charge is -2.33. The van der Waals surface area contributed by atoms with Crippen molar-refractivity contribution in [2.45, 2.75) is 25.8 Å². The molecule has 0 amide bonds. The molecule has 0 aliphatic carbocycles. The van der Waals surface area contributed by atoms with Crippen molar-refractivity contribution < 1.29 is 23.2 Å². The summed E-state index contributed by atoms with van der Waals surface area (Å²) in [6, 6.07) is 0. The van der Waals surface area contributed by atoms with E-state index in [-0.39, 0.29) is 5.92 Å². The molecule has 92 valence electrons. The molecule has 0 aromatic carbocycles. The predicted octanol–water partition coefficient (Wildman–Crippen LogP) is -1.15. The molecule has 3 N–H and O–H groups in total. The van der Waals surface area contributed by atoms with Crippen molar-refractivity contribution in [1.82, 2.24) is 5.32 Å². The summed E-state index contributed by atoms with van der Waals surface area (Å²) in [4.78, 5) is 0. The minimum atomic E-state index is -4.40. The van der Waals surface area contributed by atoms with Gasteiger partial charge in [0.15, 0.2) is 0 Å². The molecule has 0 rings (SSSR count). The SMILES string of the molecule is CC(C)CC(CO)(CO)NCS(=O)(=O)[O-]. The fraction of sp³-hybridized carbons (Fsp3) is 1.00. The topological polar surface area (TPSA) is 110 Å². The van der Waals surface area contributed by atoms with E-state index in [2.05, 4.69) is 5.32 Å². The highest BCUT2D eigenvalue weighted by molar-refractivity contribution is 7.85. The standard InChI is InChI=1S/C8H19NO5S/c1-7(2)3-8(4-10,5-11)9-6-15(12,13)14/h7,9-11H,3-6H2,1-2H3,(H,12,13,14)/p-1. The Morgan fingerprint density at radius 1 is 1.33 bits per heavy atom. The molecule has 0 saturated carbocycles. The number of aliphatic hydroxyl groups excluding tert-OH is 2. The van der Waals surface area contributed by atoms with Gasteiger partial charge in [-0.15, -0.1) is 0 Å². The van der Waals surface area contributed by atoms with Crippen molar-refractivity contribution in [3.05, 3.63) is 0 Å². The zero-order valence-corrected chi connectivity index (χ0v) is 9.75. The maximum Gasteiger partial charge on any atom is 0.108 e. The van der Waals surface area contributed by atoms with Crippen molar-refractivity contribution in [2.24, 2.45) is 5.92 Å². The molecule has 15 heavy (non-hydrogen) atoms. The largest absolute Gasteiger partial charge is 0.747 e. The minimum absolute atomic E-state index is 0.158. The molecule has 0 bridgehead atoms. The molecule has 7 heteroatoms. The molecule has 0 aromatic heterocycles. The van der Waals surface area contributed by atoms with Crippen molar-refractivity contribution in [3.8, 4) is 0 Å². The van der Waals surface area contributed by atoms with Gasteiger partial charge in [0.05, 0.1) is 24.6 Å². The fourth-order valence-corrected chi connectivity index (χ4v) is 1.87. The lowest BCUT2D eigenvalue weighted by Crippen LogP contribution is -2.54. The van der Waals surface area contributed by atoms with E-state index in [1.54, 1.807) is 0 Å². The van der Waals surface area contributed by atoms with Crippen molar-refractivity contribution >= 4 is 10.1 Å². The quantitative estimate of drug-likeness (QED) is 0.485. The zero-order chi connectivity index (χ0) is 12.1. The van der Waals surface area contributed by atoms with Crippen LogP contribution in [0.2, 0.25) is 0 Å². The van der Waals surface area contributed by atoms with Crippen LogP contribution in [0.1, 0.15) is 20.3 Å². The van der Waals surface area contributed by atoms with Gasteiger partial charge >= 0.3 is 0 Å². The molecule has 0 heterocycles. The maximum atomic E-state index is 10.4. The van der Waals surface area contributed by atoms with Gasteiger partial charge in [-0.25, -0.2) is 8.42 Å². The Bertz CT molecular complexity index is 271. The molecular weight excluding hydrogens is 222 g/mol. The first-order valence-corrected chi connectivity index (χ1v) is 6.23. The van der Waals surface area contributed by atoms with E-state index in [1.807, 2.05) is 13.8 Å². The van der Waals surface area contributed by atoms with Crippen LogP contribution in [0, 0.1) is 5.92 Å². The molecule has 0 aliphatic heterocycles. The third-order valence-electron chi connectivity index (χ3n) is 2.03. The summed E-state index contributed by atoms with van der Waals surface area (Å²) in [5, 5.41) is 20.6. The summed E-state index contributed by atoms with van der Waals surface area (Å²) in [5.74, 6) is -0.632. The van der Waals surface area contributed by atoms with Gasteiger partial charge in [0, 0.05) is 0 Å². The maximum absolute atomic E-state index is 10.4. The van der Waals surface area contributed by atoms with E-state index < -0.39 is 34.7 Å². The van der Waals surface area contributed by atoms with Crippen molar-refractivity contribution in [1.29, 1.82) is 0 Å². The monoisotopic (exact) mass is 240 g/mol. The van der Waals surface area contributed by atoms with Crippen LogP contribution in [-0.4, -0.2) is 47.8 Å². The summed E-state index contributed by atoms with van der Waals surface area (Å²) in [7, 11) is -4.40. The lowest BCUT2D eigenvalue weighted by molar-refractivity contribution is 0.0783. The van der Waals surface area contributed by atoms with E-state index in [1.165, 1.54) is 0 Å². The Morgan fingerprint density at radius 2 is 1.80 bits per heavy atom. The van der Waals surface area contributed by atoms with E-state index in [4.69, 9.17) is 10.2 Å². The smallest absolute Gasteiger partial charge is 0.108 e. The number of hydrogen-bond donors (Lipinski definition) is 3. The summed E-state index contributed by atoms with van der Waals surface area (Å²) < 4.78 is 31.2. The van der Waals surface area contributed by atoms with Gasteiger partial charge in [-0.2, -0.15) is 0 Å². The van der Waals surface area contributed by atoms with Gasteiger partial charge in [-0.1, -0.05) is 13.8 Å². The van der Waals surface area contributed by atoms with Gasteiger partial charge in [0.25, 0.3) is 0 Å². The summed E-state index contributed by atoms with van der Waals surface area (Å²) >= 11 is 0. The molecule has 0 fully saturated rings. The van der Waals surface area contributed by atoms with Crippen molar-refractivity contribution in [3.63, 3.8) is 0 Å². The Balaban J connectivity index is 4.50. The van der Waals surface area contributed by atoms with E-state index in [9.17, 15) is 13.0 Å². The molecule has 0 atom stereocenters. The molecule has 0 unspecified atom stereocenters. The van der Waals surface area contributed by atoms with Gasteiger partial charge < -0.3 is 14.8 Å². The zero-order valence-electron chi connectivity index (χ0n) is 8.93. The second-order valence-electron chi connectivity index (χ2n) is 4.07. The molecule has 0 saturated heterocycles. The summed E-state index contributed by atoms with van der Waals surface area (Å²) in [6.45, 7) is 2.90. The third kappa shape index (κ3) is 6.06. The van der Waals surface area contributed by atoms with Crippen molar-refractivity contribution in [2.75, 3.05) is 19.1 Å². The second-order valence-corrected chi connectivity index (χ2v) is 5.48. The molecule has 0 aromatic rings. The first-order chi connectivity index (χ1) is 6.74. The van der Waals surface area contributed by atoms with Crippen LogP contribution >= 0.6 is 0 Å². The van der Waals surface area contributed by atoms with Crippen LogP contribution in [0.3, 0.4) is 0 Å². The number of aliphatic hydroxyl groups is 2. The Labute approximate surface area is 90.1 Å². The Kier molecular flexibility index (Phi) is 5.68. The van der Waals surface area contributed by atoms with Crippen LogP contribution in [-0.2, 0) is 10.1 Å². The molecule has 0 radical (unpaired) electrons. The third-order valence-corrected chi connectivity index (χ3v) is 2.53. The van der Waals surface area contributed by atoms with Crippen LogP contribution in [0.25, 0.3) is 0 Å². The fourth-order valence-electron chi connectivity index (χ4n) is 1.39. The van der Waals surface area contributed by atoms with Gasteiger partial charge in [0.1, 0.15) is 10.1 Å². The highest BCUT2D eigenvalue weighted by Crippen LogP contribution is 2.16. The van der Waals surface area contributed by atoms with E-state index in [0.29, 0.717) is 6.42 Å². The van der Waals surface area contributed by atoms with E-state index in [0.717, 1.165) is 0 Å². The number of hydrogen-bond acceptors (Lipinski definition) is 6. The van der Waals surface area contributed by atoms with Gasteiger partial charge in [-0.3, -0.25) is 5.32 Å². The lowest BCUT2D eigenvalue weighted by atomic mass is 9.90. The van der Waals surface area contributed by atoms with Crippen LogP contribution in [0.15, 0.2) is 0 Å². The molecule has 0 aliphatic rings. The number of nitrogens with one attached hydrogen (secondary N) is 1. The average Bonchev–Trinajstić information content (AvgIpc) is 2.10. The Hall–Kier alpha value is -0.210. The normalized spacial score (nSPS) is 13.5. The summed E-state index contributed by atoms with van der Waals surface area (Å²) in [5.41, 5.74) is -1.11. The Morgan fingerprint density at radius 3 is 2.07 bits per heavy atom.